The van der Waals surface area contributed by atoms with Crippen LogP contribution < -0.4 is 4.72 Å². The molecule has 7 nitrogen and oxygen atoms in total. The number of aromatic carboxylic acids is 1. The molecule has 0 fully saturated rings. The van der Waals surface area contributed by atoms with E-state index in [1.54, 1.807) is 6.92 Å². The van der Waals surface area contributed by atoms with Gasteiger partial charge in [-0.1, -0.05) is 13.0 Å². The van der Waals surface area contributed by atoms with Crippen LogP contribution in [0.3, 0.4) is 0 Å². The zero-order valence-electron chi connectivity index (χ0n) is 12.6. The van der Waals surface area contributed by atoms with Crippen molar-refractivity contribution in [3.8, 4) is 11.8 Å². The molecule has 3 N–H and O–H groups in total. The Morgan fingerprint density at radius 2 is 1.96 bits per heavy atom. The average Bonchev–Trinajstić information content (AvgIpc) is 2.56. The maximum absolute atomic E-state index is 12.6. The SMILES string of the molecule is CCc1ccc(C(=O)O)cc1S(=O)(=O)Nc1cc(C#N)ccc1O. The van der Waals surface area contributed by atoms with E-state index in [0.717, 1.165) is 6.07 Å². The molecule has 0 atom stereocenters. The van der Waals surface area contributed by atoms with Crippen molar-refractivity contribution in [1.82, 2.24) is 0 Å². The summed E-state index contributed by atoms with van der Waals surface area (Å²) in [7, 11) is -4.14. The van der Waals surface area contributed by atoms with Crippen LogP contribution in [0.15, 0.2) is 41.3 Å². The fourth-order valence-electron chi connectivity index (χ4n) is 2.12. The van der Waals surface area contributed by atoms with Crippen LogP contribution in [0.5, 0.6) is 5.75 Å². The van der Waals surface area contributed by atoms with Gasteiger partial charge in [-0.05, 0) is 42.3 Å². The van der Waals surface area contributed by atoms with Crippen LogP contribution in [-0.4, -0.2) is 24.6 Å². The Hall–Kier alpha value is -3.05. The lowest BCUT2D eigenvalue weighted by atomic mass is 10.1. The number of aromatic hydroxyl groups is 1. The molecule has 2 aromatic carbocycles. The number of phenols is 1. The minimum Gasteiger partial charge on any atom is -0.506 e. The number of phenolic OH excluding ortho intramolecular Hbond substituents is 1. The van der Waals surface area contributed by atoms with Crippen LogP contribution in [0.25, 0.3) is 0 Å². The van der Waals surface area contributed by atoms with Gasteiger partial charge in [0.2, 0.25) is 0 Å². The number of nitrogens with zero attached hydrogens (tertiary/aromatic N) is 1. The molecule has 0 aliphatic rings. The number of sulfonamides is 1. The second-order valence-electron chi connectivity index (χ2n) is 4.93. The maximum atomic E-state index is 12.6. The van der Waals surface area contributed by atoms with Crippen LogP contribution in [0.1, 0.15) is 28.4 Å². The van der Waals surface area contributed by atoms with E-state index in [1.807, 2.05) is 6.07 Å². The van der Waals surface area contributed by atoms with Crippen molar-refractivity contribution in [3.05, 3.63) is 53.1 Å². The summed E-state index contributed by atoms with van der Waals surface area (Å²) in [5, 5.41) is 27.7. The summed E-state index contributed by atoms with van der Waals surface area (Å²) in [6.45, 7) is 1.74. The van der Waals surface area contributed by atoms with Crippen molar-refractivity contribution in [3.63, 3.8) is 0 Å². The number of aryl methyl sites for hydroxylation is 1. The van der Waals surface area contributed by atoms with E-state index in [2.05, 4.69) is 4.72 Å². The van der Waals surface area contributed by atoms with Crippen molar-refractivity contribution >= 4 is 21.7 Å². The lowest BCUT2D eigenvalue weighted by molar-refractivity contribution is 0.0696. The molecular formula is C16H14N2O5S. The van der Waals surface area contributed by atoms with Crippen molar-refractivity contribution < 1.29 is 23.4 Å². The highest BCUT2D eigenvalue weighted by molar-refractivity contribution is 7.92. The summed E-state index contributed by atoms with van der Waals surface area (Å²) < 4.78 is 27.4. The van der Waals surface area contributed by atoms with Gasteiger partial charge in [-0.2, -0.15) is 5.26 Å². The van der Waals surface area contributed by atoms with E-state index < -0.39 is 16.0 Å². The number of nitriles is 1. The van der Waals surface area contributed by atoms with Gasteiger partial charge in [0.05, 0.1) is 27.8 Å². The Labute approximate surface area is 138 Å². The van der Waals surface area contributed by atoms with Crippen LogP contribution in [0.2, 0.25) is 0 Å². The number of carboxylic acid groups (broad SMARTS) is 1. The summed E-state index contributed by atoms with van der Waals surface area (Å²) in [6, 6.07) is 9.40. The van der Waals surface area contributed by atoms with E-state index >= 15 is 0 Å². The second kappa shape index (κ2) is 6.60. The molecule has 0 unspecified atom stereocenters. The summed E-state index contributed by atoms with van der Waals surface area (Å²) in [4.78, 5) is 10.9. The number of hydrogen-bond acceptors (Lipinski definition) is 5. The smallest absolute Gasteiger partial charge is 0.335 e. The number of rotatable bonds is 5. The molecule has 0 saturated heterocycles. The van der Waals surface area contributed by atoms with Gasteiger partial charge < -0.3 is 10.2 Å². The molecule has 0 aliphatic heterocycles. The third kappa shape index (κ3) is 3.47. The van der Waals surface area contributed by atoms with Crippen molar-refractivity contribution in [2.75, 3.05) is 4.72 Å². The fourth-order valence-corrected chi connectivity index (χ4v) is 3.52. The number of carbonyl (C=O) groups is 1. The molecule has 0 amide bonds. The van der Waals surface area contributed by atoms with E-state index in [4.69, 9.17) is 10.4 Å². The molecule has 8 heteroatoms. The lowest BCUT2D eigenvalue weighted by Crippen LogP contribution is -2.16. The molecule has 24 heavy (non-hydrogen) atoms. The fraction of sp³-hybridized carbons (Fsp3) is 0.125. The minimum atomic E-state index is -4.14. The molecule has 0 saturated carbocycles. The summed E-state index contributed by atoms with van der Waals surface area (Å²) >= 11 is 0. The van der Waals surface area contributed by atoms with Gasteiger partial charge in [-0.3, -0.25) is 4.72 Å². The molecular weight excluding hydrogens is 332 g/mol. The zero-order chi connectivity index (χ0) is 17.9. The van der Waals surface area contributed by atoms with Gasteiger partial charge in [0.25, 0.3) is 10.0 Å². The minimum absolute atomic E-state index is 0.156. The summed E-state index contributed by atoms with van der Waals surface area (Å²) in [5.41, 5.74) is 0.281. The van der Waals surface area contributed by atoms with Gasteiger partial charge >= 0.3 is 5.97 Å². The molecule has 0 spiro atoms. The normalized spacial score (nSPS) is 10.8. The van der Waals surface area contributed by atoms with E-state index in [0.29, 0.717) is 12.0 Å². The van der Waals surface area contributed by atoms with Gasteiger partial charge in [-0.25, -0.2) is 13.2 Å². The predicted octanol–water partition coefficient (Wildman–Crippen LogP) is 2.33. The van der Waals surface area contributed by atoms with Crippen molar-refractivity contribution in [2.45, 2.75) is 18.2 Å². The van der Waals surface area contributed by atoms with Crippen molar-refractivity contribution in [2.24, 2.45) is 0 Å². The lowest BCUT2D eigenvalue weighted by Gasteiger charge is -2.13. The van der Waals surface area contributed by atoms with Crippen LogP contribution >= 0.6 is 0 Å². The maximum Gasteiger partial charge on any atom is 0.335 e. The quantitative estimate of drug-likeness (QED) is 0.713. The number of carboxylic acids is 1. The predicted molar refractivity (Wildman–Crippen MR) is 86.4 cm³/mol. The van der Waals surface area contributed by atoms with Crippen molar-refractivity contribution in [1.29, 1.82) is 5.26 Å². The standard InChI is InChI=1S/C16H14N2O5S/c1-2-11-4-5-12(16(20)21)8-15(11)24(22,23)18-13-7-10(9-17)3-6-14(13)19/h3-8,18-19H,2H2,1H3,(H,20,21). The summed E-state index contributed by atoms with van der Waals surface area (Å²) in [5.74, 6) is -1.59. The van der Waals surface area contributed by atoms with E-state index in [9.17, 15) is 18.3 Å². The topological polar surface area (TPSA) is 127 Å². The molecule has 2 aromatic rings. The second-order valence-corrected chi connectivity index (χ2v) is 6.58. The van der Waals surface area contributed by atoms with Crippen LogP contribution in [0.4, 0.5) is 5.69 Å². The van der Waals surface area contributed by atoms with Gasteiger partial charge in [-0.15, -0.1) is 0 Å². The number of nitrogens with one attached hydrogen (secondary N) is 1. The molecule has 0 bridgehead atoms. The Balaban J connectivity index is 2.53. The molecule has 2 rings (SSSR count). The number of anilines is 1. The van der Waals surface area contributed by atoms with Gasteiger partial charge in [0.1, 0.15) is 5.75 Å². The molecule has 124 valence electrons. The Morgan fingerprint density at radius 1 is 1.25 bits per heavy atom. The first kappa shape index (κ1) is 17.3. The highest BCUT2D eigenvalue weighted by atomic mass is 32.2. The first-order chi connectivity index (χ1) is 11.3. The first-order valence-corrected chi connectivity index (χ1v) is 8.39. The van der Waals surface area contributed by atoms with Gasteiger partial charge in [0, 0.05) is 0 Å². The molecule has 0 aliphatic carbocycles. The molecule has 0 heterocycles. The largest absolute Gasteiger partial charge is 0.506 e. The van der Waals surface area contributed by atoms with E-state index in [-0.39, 0.29) is 27.5 Å². The highest BCUT2D eigenvalue weighted by Crippen LogP contribution is 2.28. The molecule has 0 radical (unpaired) electrons. The molecule has 0 aromatic heterocycles. The number of benzene rings is 2. The zero-order valence-corrected chi connectivity index (χ0v) is 13.5. The number of hydrogen-bond donors (Lipinski definition) is 3. The van der Waals surface area contributed by atoms with Crippen LogP contribution in [0, 0.1) is 11.3 Å². The van der Waals surface area contributed by atoms with Crippen LogP contribution in [-0.2, 0) is 16.4 Å². The Kier molecular flexibility index (Phi) is 4.76. The third-order valence-electron chi connectivity index (χ3n) is 3.35. The third-order valence-corrected chi connectivity index (χ3v) is 4.80. The Bertz CT molecular complexity index is 945. The Morgan fingerprint density at radius 3 is 2.54 bits per heavy atom. The van der Waals surface area contributed by atoms with Gasteiger partial charge in [0.15, 0.2) is 0 Å². The highest BCUT2D eigenvalue weighted by Gasteiger charge is 2.21. The average molecular weight is 346 g/mol. The van der Waals surface area contributed by atoms with E-state index in [1.165, 1.54) is 30.3 Å². The first-order valence-electron chi connectivity index (χ1n) is 6.90. The summed E-state index contributed by atoms with van der Waals surface area (Å²) in [6.07, 6.45) is 0.375. The monoisotopic (exact) mass is 346 g/mol.